The molecule has 0 bridgehead atoms. The summed E-state index contributed by atoms with van der Waals surface area (Å²) in [5.41, 5.74) is 1.20. The number of hydrogen-bond donors (Lipinski definition) is 1. The molecule has 2 nitrogen and oxygen atoms in total. The van der Waals surface area contributed by atoms with E-state index in [0.717, 1.165) is 12.8 Å². The van der Waals surface area contributed by atoms with Crippen molar-refractivity contribution in [3.05, 3.63) is 11.6 Å². The largest absolute Gasteiger partial charge is 0.396 e. The third-order valence-electron chi connectivity index (χ3n) is 1.68. The van der Waals surface area contributed by atoms with Crippen LogP contribution in [0.5, 0.6) is 0 Å². The van der Waals surface area contributed by atoms with E-state index in [1.165, 1.54) is 5.57 Å². The molecule has 0 rings (SSSR count). The molecular weight excluding hydrogens is 140 g/mol. The fourth-order valence-corrected chi connectivity index (χ4v) is 0.930. The molecule has 0 aliphatic carbocycles. The Bertz CT molecular complexity index is 115. The highest BCUT2D eigenvalue weighted by atomic mass is 16.5. The smallest absolute Gasteiger partial charge is 0.0751 e. The quantitative estimate of drug-likeness (QED) is 0.617. The van der Waals surface area contributed by atoms with Crippen molar-refractivity contribution in [3.8, 4) is 0 Å². The van der Waals surface area contributed by atoms with Gasteiger partial charge in [-0.15, -0.1) is 0 Å². The number of methoxy groups -OCH3 is 1. The maximum absolute atomic E-state index is 8.61. The third-order valence-corrected chi connectivity index (χ3v) is 1.68. The summed E-state index contributed by atoms with van der Waals surface area (Å²) in [7, 11) is 1.71. The highest BCUT2D eigenvalue weighted by Crippen LogP contribution is 2.05. The van der Waals surface area contributed by atoms with Crippen LogP contribution >= 0.6 is 0 Å². The van der Waals surface area contributed by atoms with Crippen LogP contribution in [-0.4, -0.2) is 24.9 Å². The van der Waals surface area contributed by atoms with Crippen molar-refractivity contribution in [1.82, 2.24) is 0 Å². The van der Waals surface area contributed by atoms with Crippen molar-refractivity contribution in [2.45, 2.75) is 32.8 Å². The zero-order valence-electron chi connectivity index (χ0n) is 7.63. The molecule has 0 saturated heterocycles. The molecule has 0 amide bonds. The zero-order chi connectivity index (χ0) is 8.69. The van der Waals surface area contributed by atoms with Crippen molar-refractivity contribution < 1.29 is 9.84 Å². The van der Waals surface area contributed by atoms with Crippen molar-refractivity contribution in [3.63, 3.8) is 0 Å². The summed E-state index contributed by atoms with van der Waals surface area (Å²) in [6, 6.07) is 0. The zero-order valence-corrected chi connectivity index (χ0v) is 7.63. The van der Waals surface area contributed by atoms with E-state index < -0.39 is 0 Å². The minimum atomic E-state index is 0.210. The van der Waals surface area contributed by atoms with Gasteiger partial charge < -0.3 is 9.84 Å². The predicted molar refractivity (Wildman–Crippen MR) is 46.5 cm³/mol. The summed E-state index contributed by atoms with van der Waals surface area (Å²) in [5.74, 6) is 0. The summed E-state index contributed by atoms with van der Waals surface area (Å²) < 4.78 is 5.16. The van der Waals surface area contributed by atoms with Crippen LogP contribution in [0.15, 0.2) is 11.6 Å². The van der Waals surface area contributed by atoms with Gasteiger partial charge in [0, 0.05) is 13.7 Å². The molecule has 0 saturated carbocycles. The Hall–Kier alpha value is -0.340. The molecule has 66 valence electrons. The summed E-state index contributed by atoms with van der Waals surface area (Å²) in [6.45, 7) is 4.32. The van der Waals surface area contributed by atoms with Gasteiger partial charge in [-0.05, 0) is 19.8 Å². The van der Waals surface area contributed by atoms with Crippen LogP contribution in [0.4, 0.5) is 0 Å². The van der Waals surface area contributed by atoms with E-state index in [1.807, 2.05) is 6.92 Å². The standard InChI is InChI=1S/C9H18O2/c1-4-9(11-3)7-8(2)5-6-10/h7,9-10H,4-6H2,1-3H3. The molecule has 0 aromatic carbocycles. The van der Waals surface area contributed by atoms with Crippen LogP contribution < -0.4 is 0 Å². The summed E-state index contributed by atoms with van der Waals surface area (Å²) >= 11 is 0. The Labute approximate surface area is 68.9 Å². The highest BCUT2D eigenvalue weighted by Gasteiger charge is 1.99. The highest BCUT2D eigenvalue weighted by molar-refractivity contribution is 5.01. The molecular formula is C9H18O2. The van der Waals surface area contributed by atoms with Crippen LogP contribution in [0, 0.1) is 0 Å². The molecule has 2 heteroatoms. The normalized spacial score (nSPS) is 15.1. The molecule has 1 N–H and O–H groups in total. The van der Waals surface area contributed by atoms with Gasteiger partial charge in [-0.25, -0.2) is 0 Å². The number of ether oxygens (including phenoxy) is 1. The number of aliphatic hydroxyl groups is 1. The molecule has 0 heterocycles. The average Bonchev–Trinajstić information content (AvgIpc) is 2.01. The first-order valence-electron chi connectivity index (χ1n) is 4.05. The van der Waals surface area contributed by atoms with Gasteiger partial charge >= 0.3 is 0 Å². The minimum Gasteiger partial charge on any atom is -0.396 e. The Kier molecular flexibility index (Phi) is 6.18. The lowest BCUT2D eigenvalue weighted by atomic mass is 10.1. The molecule has 0 fully saturated rings. The topological polar surface area (TPSA) is 29.5 Å². The number of rotatable bonds is 5. The molecule has 0 aliphatic rings. The summed E-state index contributed by atoms with van der Waals surface area (Å²) in [6.07, 6.45) is 4.01. The number of hydrogen-bond acceptors (Lipinski definition) is 2. The van der Waals surface area contributed by atoms with E-state index in [-0.39, 0.29) is 12.7 Å². The first-order valence-corrected chi connectivity index (χ1v) is 4.05. The first-order chi connectivity index (χ1) is 5.24. The molecule has 11 heavy (non-hydrogen) atoms. The fraction of sp³-hybridized carbons (Fsp3) is 0.778. The van der Waals surface area contributed by atoms with Crippen LogP contribution in [0.1, 0.15) is 26.7 Å². The second-order valence-electron chi connectivity index (χ2n) is 2.67. The monoisotopic (exact) mass is 158 g/mol. The van der Waals surface area contributed by atoms with Crippen molar-refractivity contribution in [2.24, 2.45) is 0 Å². The van der Waals surface area contributed by atoms with Crippen LogP contribution in [0.3, 0.4) is 0 Å². The van der Waals surface area contributed by atoms with Crippen LogP contribution in [-0.2, 0) is 4.74 Å². The van der Waals surface area contributed by atoms with Crippen molar-refractivity contribution >= 4 is 0 Å². The fourth-order valence-electron chi connectivity index (χ4n) is 0.930. The summed E-state index contributed by atoms with van der Waals surface area (Å²) in [5, 5.41) is 8.61. The van der Waals surface area contributed by atoms with Crippen LogP contribution in [0.2, 0.25) is 0 Å². The van der Waals surface area contributed by atoms with Crippen molar-refractivity contribution in [1.29, 1.82) is 0 Å². The number of aliphatic hydroxyl groups excluding tert-OH is 1. The molecule has 0 aromatic rings. The molecule has 0 radical (unpaired) electrons. The first kappa shape index (κ1) is 10.7. The molecule has 1 unspecified atom stereocenters. The van der Waals surface area contributed by atoms with Gasteiger partial charge in [0.25, 0.3) is 0 Å². The van der Waals surface area contributed by atoms with E-state index >= 15 is 0 Å². The maximum Gasteiger partial charge on any atom is 0.0751 e. The molecule has 0 aromatic heterocycles. The lowest BCUT2D eigenvalue weighted by Crippen LogP contribution is -2.05. The predicted octanol–water partition coefficient (Wildman–Crippen LogP) is 1.74. The van der Waals surface area contributed by atoms with E-state index in [0.29, 0.717) is 0 Å². The Morgan fingerprint density at radius 3 is 2.64 bits per heavy atom. The lowest BCUT2D eigenvalue weighted by molar-refractivity contribution is 0.137. The second-order valence-corrected chi connectivity index (χ2v) is 2.67. The van der Waals surface area contributed by atoms with Gasteiger partial charge in [0.1, 0.15) is 0 Å². The van der Waals surface area contributed by atoms with E-state index in [9.17, 15) is 0 Å². The molecule has 1 atom stereocenters. The Morgan fingerprint density at radius 1 is 1.64 bits per heavy atom. The van der Waals surface area contributed by atoms with Gasteiger partial charge in [0.2, 0.25) is 0 Å². The van der Waals surface area contributed by atoms with Crippen LogP contribution in [0.25, 0.3) is 0 Å². The van der Waals surface area contributed by atoms with E-state index in [2.05, 4.69) is 13.0 Å². The lowest BCUT2D eigenvalue weighted by Gasteiger charge is -2.08. The van der Waals surface area contributed by atoms with Gasteiger partial charge in [-0.1, -0.05) is 18.6 Å². The summed E-state index contributed by atoms with van der Waals surface area (Å²) in [4.78, 5) is 0. The van der Waals surface area contributed by atoms with E-state index in [4.69, 9.17) is 9.84 Å². The minimum absolute atomic E-state index is 0.210. The van der Waals surface area contributed by atoms with Crippen molar-refractivity contribution in [2.75, 3.05) is 13.7 Å². The van der Waals surface area contributed by atoms with E-state index in [1.54, 1.807) is 7.11 Å². The van der Waals surface area contributed by atoms with Gasteiger partial charge in [-0.2, -0.15) is 0 Å². The third kappa shape index (κ3) is 4.99. The van der Waals surface area contributed by atoms with Gasteiger partial charge in [-0.3, -0.25) is 0 Å². The Balaban J connectivity index is 3.81. The SMILES string of the molecule is CCC(C=C(C)CCO)OC. The maximum atomic E-state index is 8.61. The molecule has 0 spiro atoms. The van der Waals surface area contributed by atoms with Gasteiger partial charge in [0.05, 0.1) is 6.10 Å². The average molecular weight is 158 g/mol. The van der Waals surface area contributed by atoms with Gasteiger partial charge in [0.15, 0.2) is 0 Å². The molecule has 0 aliphatic heterocycles. The Morgan fingerprint density at radius 2 is 2.27 bits per heavy atom. The second kappa shape index (κ2) is 6.38.